The van der Waals surface area contributed by atoms with Crippen molar-refractivity contribution in [3.8, 4) is 12.3 Å². The molecule has 0 heterocycles. The van der Waals surface area contributed by atoms with Gasteiger partial charge in [-0.05, 0) is 62.1 Å². The van der Waals surface area contributed by atoms with Crippen LogP contribution in [0.1, 0.15) is 42.9 Å². The zero-order valence-electron chi connectivity index (χ0n) is 25.6. The summed E-state index contributed by atoms with van der Waals surface area (Å²) in [5, 5.41) is 0. The summed E-state index contributed by atoms with van der Waals surface area (Å²) >= 11 is 0. The van der Waals surface area contributed by atoms with Crippen LogP contribution in [0.4, 0.5) is 0 Å². The van der Waals surface area contributed by atoms with Crippen molar-refractivity contribution >= 4 is 52.3 Å². The first kappa shape index (κ1) is 44.3. The maximum atomic E-state index is 5.61. The normalized spacial score (nSPS) is 13.1. The van der Waals surface area contributed by atoms with Crippen molar-refractivity contribution in [2.24, 2.45) is 0 Å². The molecule has 0 fully saturated rings. The maximum Gasteiger partial charge on any atom is 0.122 e. The minimum atomic E-state index is -0.0500. The van der Waals surface area contributed by atoms with Gasteiger partial charge in [0, 0.05) is 64.3 Å². The van der Waals surface area contributed by atoms with Crippen LogP contribution in [-0.4, -0.2) is 18.3 Å². The SMILES string of the molecule is C#C[C@H](CCc1ccccc1)OPP.C/C=C/[C@H](CCc1ccccc1)OPP.[CH-]=C[C@H](CCc1ccccc1)OPP.[Y]. The van der Waals surface area contributed by atoms with Gasteiger partial charge in [-0.25, -0.2) is 6.08 Å². The van der Waals surface area contributed by atoms with Gasteiger partial charge in [-0.15, -0.1) is 6.42 Å². The first-order valence-electron chi connectivity index (χ1n) is 14.2. The molecule has 10 heteroatoms. The molecule has 44 heavy (non-hydrogen) atoms. The van der Waals surface area contributed by atoms with Crippen molar-refractivity contribution in [3.05, 3.63) is 132 Å². The molecule has 235 valence electrons. The van der Waals surface area contributed by atoms with Crippen LogP contribution in [-0.2, 0) is 65.5 Å². The average molecular weight is 778 g/mol. The third kappa shape index (κ3) is 23.6. The second-order valence-corrected chi connectivity index (χ2v) is 12.8. The monoisotopic (exact) mass is 778 g/mol. The third-order valence-electron chi connectivity index (χ3n) is 6.12. The molecule has 0 bridgehead atoms. The molecule has 3 aromatic rings. The van der Waals surface area contributed by atoms with E-state index in [0.717, 1.165) is 38.5 Å². The van der Waals surface area contributed by atoms with E-state index >= 15 is 0 Å². The van der Waals surface area contributed by atoms with E-state index in [-0.39, 0.29) is 51.0 Å². The molecule has 6 unspecified atom stereocenters. The molecule has 0 aromatic heterocycles. The molecule has 0 saturated carbocycles. The third-order valence-corrected chi connectivity index (χ3v) is 8.64. The summed E-state index contributed by atoms with van der Waals surface area (Å²) in [5.74, 6) is 2.64. The predicted molar refractivity (Wildman–Crippen MR) is 205 cm³/mol. The molecular weight excluding hydrogens is 731 g/mol. The van der Waals surface area contributed by atoms with Gasteiger partial charge in [0.05, 0.1) is 6.10 Å². The van der Waals surface area contributed by atoms with Crippen LogP contribution in [0.25, 0.3) is 0 Å². The first-order valence-corrected chi connectivity index (χ1v) is 22.3. The minimum Gasteiger partial charge on any atom is -0.515 e. The Kier molecular flexibility index (Phi) is 32.0. The van der Waals surface area contributed by atoms with Gasteiger partial charge in [0.1, 0.15) is 6.10 Å². The Hall–Kier alpha value is 0.264. The Morgan fingerprint density at radius 1 is 0.682 bits per heavy atom. The summed E-state index contributed by atoms with van der Waals surface area (Å²) in [6.07, 6.45) is 17.4. The minimum absolute atomic E-state index is 0. The van der Waals surface area contributed by atoms with E-state index in [1.807, 2.05) is 37.3 Å². The van der Waals surface area contributed by atoms with Crippen molar-refractivity contribution in [3.63, 3.8) is 0 Å². The molecule has 3 nitrogen and oxygen atoms in total. The Morgan fingerprint density at radius 2 is 1.07 bits per heavy atom. The van der Waals surface area contributed by atoms with E-state index in [1.165, 1.54) is 16.7 Å². The van der Waals surface area contributed by atoms with E-state index in [2.05, 4.69) is 106 Å². The molecule has 0 amide bonds. The van der Waals surface area contributed by atoms with Gasteiger partial charge in [-0.2, -0.15) is 0 Å². The molecule has 3 aromatic carbocycles. The van der Waals surface area contributed by atoms with Crippen LogP contribution < -0.4 is 0 Å². The smallest absolute Gasteiger partial charge is 0.122 e. The summed E-state index contributed by atoms with van der Waals surface area (Å²) in [5.41, 5.74) is 4.01. The van der Waals surface area contributed by atoms with Gasteiger partial charge in [0.2, 0.25) is 0 Å². The van der Waals surface area contributed by atoms with Gasteiger partial charge in [-0.1, -0.05) is 136 Å². The molecule has 3 rings (SSSR count). The number of terminal acetylenes is 1. The van der Waals surface area contributed by atoms with Crippen molar-refractivity contribution in [1.29, 1.82) is 0 Å². The molecule has 0 saturated heterocycles. The van der Waals surface area contributed by atoms with Gasteiger partial charge in [0.25, 0.3) is 0 Å². The van der Waals surface area contributed by atoms with E-state index in [0.29, 0.717) is 25.5 Å². The average Bonchev–Trinajstić information content (AvgIpc) is 3.06. The van der Waals surface area contributed by atoms with E-state index in [9.17, 15) is 0 Å². The number of hydrogen-bond acceptors (Lipinski definition) is 3. The molecular formula is C34H47O3P6Y-. The van der Waals surface area contributed by atoms with Gasteiger partial charge in [-0.3, -0.25) is 0 Å². The summed E-state index contributed by atoms with van der Waals surface area (Å²) in [6.45, 7) is 7.50. The summed E-state index contributed by atoms with van der Waals surface area (Å²) in [6, 6.07) is 31.2. The number of hydrogen-bond donors (Lipinski definition) is 0. The van der Waals surface area contributed by atoms with Crippen LogP contribution in [0.15, 0.2) is 109 Å². The van der Waals surface area contributed by atoms with Gasteiger partial charge >= 0.3 is 0 Å². The summed E-state index contributed by atoms with van der Waals surface area (Å²) in [7, 11) is 9.01. The second-order valence-electron chi connectivity index (χ2n) is 9.23. The summed E-state index contributed by atoms with van der Waals surface area (Å²) < 4.78 is 16.4. The molecule has 0 spiro atoms. The maximum absolute atomic E-state index is 5.61. The second kappa shape index (κ2) is 31.8. The van der Waals surface area contributed by atoms with Crippen LogP contribution in [0.3, 0.4) is 0 Å². The molecule has 1 radical (unpaired) electrons. The van der Waals surface area contributed by atoms with Crippen molar-refractivity contribution in [2.75, 3.05) is 0 Å². The van der Waals surface area contributed by atoms with Crippen LogP contribution >= 0.6 is 52.3 Å². The van der Waals surface area contributed by atoms with E-state index in [1.54, 1.807) is 6.08 Å². The molecule has 9 atom stereocenters. The van der Waals surface area contributed by atoms with Crippen LogP contribution in [0.2, 0.25) is 0 Å². The predicted octanol–water partition coefficient (Wildman–Crippen LogP) is 10.4. The van der Waals surface area contributed by atoms with Crippen molar-refractivity contribution in [2.45, 2.75) is 63.8 Å². The molecule has 0 aliphatic heterocycles. The number of rotatable bonds is 17. The van der Waals surface area contributed by atoms with Crippen LogP contribution in [0, 0.1) is 18.9 Å². The Morgan fingerprint density at radius 3 is 1.43 bits per heavy atom. The largest absolute Gasteiger partial charge is 0.515 e. The quantitative estimate of drug-likeness (QED) is 0.0591. The van der Waals surface area contributed by atoms with Crippen molar-refractivity contribution < 1.29 is 46.3 Å². The number of aryl methyl sites for hydroxylation is 3. The summed E-state index contributed by atoms with van der Waals surface area (Å²) in [4.78, 5) is 0. The topological polar surface area (TPSA) is 27.7 Å². The fraction of sp³-hybridized carbons (Fsp3) is 0.294. The fourth-order valence-corrected chi connectivity index (χ4v) is 6.52. The standard InChI is InChI=1S/C12H18OP2.C11H15OP2.C11H14OP2.Y/c1-2-6-12(13-15-14)10-9-11-7-4-3-5-8-11;2*1-2-11(12-14-13)9-8-10-6-4-3-5-7-10;/h2-8,12,15H,9-10,14H2,1H3;1-7,11,14H,8-9,13H2;1,3-7,11,14H,8-9,13H2;/q;-1;;/b6-2+;;;/t12-;2*11-;/m111./s1. The Bertz CT molecular complexity index is 1130. The molecule has 0 aliphatic carbocycles. The van der Waals surface area contributed by atoms with E-state index < -0.39 is 0 Å². The zero-order valence-corrected chi connectivity index (χ0v) is 34.9. The fourth-order valence-electron chi connectivity index (χ4n) is 3.89. The Labute approximate surface area is 304 Å². The van der Waals surface area contributed by atoms with Crippen molar-refractivity contribution in [1.82, 2.24) is 0 Å². The molecule has 0 aliphatic rings. The zero-order chi connectivity index (χ0) is 31.4. The number of allylic oxidation sites excluding steroid dienone is 1. The van der Waals surface area contributed by atoms with Gasteiger partial charge < -0.3 is 20.2 Å². The molecule has 0 N–H and O–H groups in total. The van der Waals surface area contributed by atoms with Gasteiger partial charge in [0.15, 0.2) is 0 Å². The van der Waals surface area contributed by atoms with Crippen LogP contribution in [0.5, 0.6) is 0 Å². The van der Waals surface area contributed by atoms with E-state index in [4.69, 9.17) is 26.6 Å². The number of benzene rings is 3. The Balaban J connectivity index is 0.000000624. The first-order chi connectivity index (χ1) is 21.1.